The van der Waals surface area contributed by atoms with E-state index in [-0.39, 0.29) is 25.3 Å². The summed E-state index contributed by atoms with van der Waals surface area (Å²) in [6.45, 7) is -0.178. The summed E-state index contributed by atoms with van der Waals surface area (Å²) in [5.41, 5.74) is -0.00111. The third-order valence-electron chi connectivity index (χ3n) is 2.34. The lowest BCUT2D eigenvalue weighted by molar-refractivity contribution is -0.141. The molecule has 0 heterocycles. The predicted molar refractivity (Wildman–Crippen MR) is 66.2 cm³/mol. The predicted octanol–water partition coefficient (Wildman–Crippen LogP) is 0.189. The van der Waals surface area contributed by atoms with E-state index < -0.39 is 23.7 Å². The maximum Gasteiger partial charge on any atom is 0.321 e. The number of aliphatic carboxylic acids is 1. The van der Waals surface area contributed by atoms with Crippen LogP contribution in [0.25, 0.3) is 0 Å². The molecule has 0 fully saturated rings. The van der Waals surface area contributed by atoms with Crippen LogP contribution in [0, 0.1) is 5.82 Å². The third kappa shape index (κ3) is 5.02. The molecule has 4 N–H and O–H groups in total. The van der Waals surface area contributed by atoms with Crippen LogP contribution in [-0.4, -0.2) is 41.3 Å². The van der Waals surface area contributed by atoms with Gasteiger partial charge in [0.25, 0.3) is 0 Å². The van der Waals surface area contributed by atoms with Crippen molar-refractivity contribution in [3.63, 3.8) is 0 Å². The SMILES string of the molecule is O=C(C[C@H](NCCO)C(=O)O)Nc1ccccc1F. The van der Waals surface area contributed by atoms with Crippen LogP contribution in [0.3, 0.4) is 0 Å². The van der Waals surface area contributed by atoms with Crippen molar-refractivity contribution in [2.75, 3.05) is 18.5 Å². The Labute approximate surface area is 109 Å². The fourth-order valence-corrected chi connectivity index (χ4v) is 1.43. The number of hydrogen-bond donors (Lipinski definition) is 4. The van der Waals surface area contributed by atoms with Gasteiger partial charge in [-0.25, -0.2) is 4.39 Å². The fraction of sp³-hybridized carbons (Fsp3) is 0.333. The highest BCUT2D eigenvalue weighted by Gasteiger charge is 2.20. The van der Waals surface area contributed by atoms with Crippen LogP contribution in [0.1, 0.15) is 6.42 Å². The number of carboxylic acids is 1. The molecule has 0 saturated heterocycles. The molecule has 7 heteroatoms. The highest BCUT2D eigenvalue weighted by molar-refractivity contribution is 5.94. The summed E-state index contributed by atoms with van der Waals surface area (Å²) in [6, 6.07) is 4.47. The Hall–Kier alpha value is -1.99. The van der Waals surface area contributed by atoms with Gasteiger partial charge in [0.15, 0.2) is 0 Å². The second-order valence-corrected chi connectivity index (χ2v) is 3.80. The first kappa shape index (κ1) is 15.1. The second kappa shape index (κ2) is 7.45. The Kier molecular flexibility index (Phi) is 5.91. The number of hydrogen-bond acceptors (Lipinski definition) is 4. The molecule has 0 bridgehead atoms. The largest absolute Gasteiger partial charge is 0.480 e. The van der Waals surface area contributed by atoms with E-state index in [1.54, 1.807) is 6.07 Å². The lowest BCUT2D eigenvalue weighted by atomic mass is 10.2. The minimum Gasteiger partial charge on any atom is -0.480 e. The quantitative estimate of drug-likeness (QED) is 0.567. The first-order valence-corrected chi connectivity index (χ1v) is 5.66. The minimum absolute atomic E-state index is 0.00111. The molecular formula is C12H15FN2O4. The van der Waals surface area contributed by atoms with E-state index in [9.17, 15) is 14.0 Å². The number of amides is 1. The van der Waals surface area contributed by atoms with Crippen LogP contribution >= 0.6 is 0 Å². The van der Waals surface area contributed by atoms with Gasteiger partial charge in [0, 0.05) is 6.54 Å². The molecule has 0 aliphatic carbocycles. The van der Waals surface area contributed by atoms with E-state index in [1.165, 1.54) is 18.2 Å². The molecule has 0 aliphatic heterocycles. The van der Waals surface area contributed by atoms with Gasteiger partial charge in [-0.15, -0.1) is 0 Å². The Bertz CT molecular complexity index is 453. The van der Waals surface area contributed by atoms with Crippen molar-refractivity contribution in [3.8, 4) is 0 Å². The van der Waals surface area contributed by atoms with Crippen LogP contribution in [0.2, 0.25) is 0 Å². The number of rotatable bonds is 7. The number of nitrogens with one attached hydrogen (secondary N) is 2. The van der Waals surface area contributed by atoms with Crippen molar-refractivity contribution in [2.24, 2.45) is 0 Å². The van der Waals surface area contributed by atoms with E-state index >= 15 is 0 Å². The van der Waals surface area contributed by atoms with Gasteiger partial charge < -0.3 is 20.8 Å². The molecule has 0 saturated carbocycles. The molecule has 1 aromatic rings. The van der Waals surface area contributed by atoms with E-state index in [4.69, 9.17) is 10.2 Å². The van der Waals surface area contributed by atoms with Crippen molar-refractivity contribution >= 4 is 17.6 Å². The van der Waals surface area contributed by atoms with Gasteiger partial charge >= 0.3 is 5.97 Å². The van der Waals surface area contributed by atoms with Crippen molar-refractivity contribution in [3.05, 3.63) is 30.1 Å². The zero-order valence-corrected chi connectivity index (χ0v) is 10.1. The summed E-state index contributed by atoms with van der Waals surface area (Å²) in [4.78, 5) is 22.5. The van der Waals surface area contributed by atoms with E-state index in [1.807, 2.05) is 0 Å². The second-order valence-electron chi connectivity index (χ2n) is 3.80. The van der Waals surface area contributed by atoms with Gasteiger partial charge in [0.1, 0.15) is 11.9 Å². The summed E-state index contributed by atoms with van der Waals surface area (Å²) in [6.07, 6.45) is -0.357. The standard InChI is InChI=1S/C12H15FN2O4/c13-8-3-1-2-4-9(8)15-11(17)7-10(12(18)19)14-5-6-16/h1-4,10,14,16H,5-7H2,(H,15,17)(H,18,19)/t10-/m0/s1. The molecule has 1 rings (SSSR count). The van der Waals surface area contributed by atoms with Crippen molar-refractivity contribution in [1.82, 2.24) is 5.32 Å². The van der Waals surface area contributed by atoms with Gasteiger partial charge in [0.2, 0.25) is 5.91 Å². The lowest BCUT2D eigenvalue weighted by Crippen LogP contribution is -2.41. The van der Waals surface area contributed by atoms with Crippen LogP contribution in [0.4, 0.5) is 10.1 Å². The zero-order valence-electron chi connectivity index (χ0n) is 10.1. The first-order valence-electron chi connectivity index (χ1n) is 5.66. The average molecular weight is 270 g/mol. The van der Waals surface area contributed by atoms with Gasteiger partial charge in [-0.1, -0.05) is 12.1 Å². The monoisotopic (exact) mass is 270 g/mol. The van der Waals surface area contributed by atoms with Crippen molar-refractivity contribution in [1.29, 1.82) is 0 Å². The maximum absolute atomic E-state index is 13.3. The van der Waals surface area contributed by atoms with E-state index in [0.717, 1.165) is 0 Å². The molecule has 0 aromatic heterocycles. The summed E-state index contributed by atoms with van der Waals surface area (Å²) < 4.78 is 13.3. The number of anilines is 1. The number of carbonyl (C=O) groups is 2. The molecule has 0 unspecified atom stereocenters. The minimum atomic E-state index is -1.21. The third-order valence-corrected chi connectivity index (χ3v) is 2.34. The maximum atomic E-state index is 13.3. The number of para-hydroxylation sites is 1. The Morgan fingerprint density at radius 2 is 2.00 bits per heavy atom. The number of carbonyl (C=O) groups excluding carboxylic acids is 1. The number of aliphatic hydroxyl groups is 1. The lowest BCUT2D eigenvalue weighted by Gasteiger charge is -2.13. The van der Waals surface area contributed by atoms with Crippen LogP contribution < -0.4 is 10.6 Å². The van der Waals surface area contributed by atoms with Gasteiger partial charge in [0.05, 0.1) is 18.7 Å². The summed E-state index contributed by atoms with van der Waals surface area (Å²) in [7, 11) is 0. The normalized spacial score (nSPS) is 11.9. The zero-order chi connectivity index (χ0) is 14.3. The van der Waals surface area contributed by atoms with Crippen LogP contribution in [0.15, 0.2) is 24.3 Å². The average Bonchev–Trinajstić information content (AvgIpc) is 2.37. The summed E-state index contributed by atoms with van der Waals surface area (Å²) >= 11 is 0. The van der Waals surface area contributed by atoms with E-state index in [2.05, 4.69) is 10.6 Å². The molecule has 0 radical (unpaired) electrons. The van der Waals surface area contributed by atoms with Crippen LogP contribution in [0.5, 0.6) is 0 Å². The first-order chi connectivity index (χ1) is 9.04. The Balaban J connectivity index is 2.58. The molecule has 19 heavy (non-hydrogen) atoms. The molecule has 0 spiro atoms. The number of aliphatic hydroxyl groups excluding tert-OH is 1. The number of carboxylic acid groups (broad SMARTS) is 1. The molecule has 6 nitrogen and oxygen atoms in total. The van der Waals surface area contributed by atoms with Crippen LogP contribution in [-0.2, 0) is 9.59 Å². The highest BCUT2D eigenvalue weighted by atomic mass is 19.1. The van der Waals surface area contributed by atoms with Gasteiger partial charge in [-0.2, -0.15) is 0 Å². The number of benzene rings is 1. The Morgan fingerprint density at radius 1 is 1.32 bits per heavy atom. The highest BCUT2D eigenvalue weighted by Crippen LogP contribution is 2.12. The molecule has 0 aliphatic rings. The smallest absolute Gasteiger partial charge is 0.321 e. The van der Waals surface area contributed by atoms with Crippen molar-refractivity contribution < 1.29 is 24.2 Å². The summed E-state index contributed by atoms with van der Waals surface area (Å²) in [5, 5.41) is 22.3. The molecule has 104 valence electrons. The molecule has 1 atom stereocenters. The van der Waals surface area contributed by atoms with E-state index in [0.29, 0.717) is 0 Å². The van der Waals surface area contributed by atoms with Gasteiger partial charge in [-0.05, 0) is 12.1 Å². The van der Waals surface area contributed by atoms with Crippen molar-refractivity contribution in [2.45, 2.75) is 12.5 Å². The summed E-state index contributed by atoms with van der Waals surface area (Å²) in [5.74, 6) is -2.42. The fourth-order valence-electron chi connectivity index (χ4n) is 1.43. The topological polar surface area (TPSA) is 98.7 Å². The number of halogens is 1. The molecular weight excluding hydrogens is 255 g/mol. The van der Waals surface area contributed by atoms with Gasteiger partial charge in [-0.3, -0.25) is 9.59 Å². The Morgan fingerprint density at radius 3 is 2.58 bits per heavy atom. The molecule has 1 amide bonds. The molecule has 1 aromatic carbocycles.